The van der Waals surface area contributed by atoms with Crippen molar-refractivity contribution in [1.29, 1.82) is 0 Å². The van der Waals surface area contributed by atoms with Crippen LogP contribution in [0.15, 0.2) is 11.6 Å². The van der Waals surface area contributed by atoms with Crippen molar-refractivity contribution in [3.63, 3.8) is 0 Å². The number of allylic oxidation sites excluding steroid dienone is 1. The van der Waals surface area contributed by atoms with Gasteiger partial charge in [0.1, 0.15) is 0 Å². The number of aliphatic hydroxyl groups is 3. The second kappa shape index (κ2) is 8.19. The molecule has 4 rings (SSSR count). The molecule has 4 aliphatic carbocycles. The van der Waals surface area contributed by atoms with Gasteiger partial charge in [0, 0.05) is 5.41 Å². The average Bonchev–Trinajstić information content (AvgIpc) is 3.04. The molecule has 0 aromatic rings. The molecule has 0 heterocycles. The Morgan fingerprint density at radius 1 is 1.13 bits per heavy atom. The molecule has 0 spiro atoms. The van der Waals surface area contributed by atoms with Gasteiger partial charge in [-0.3, -0.25) is 0 Å². The minimum Gasteiger partial charge on any atom is -0.395 e. The van der Waals surface area contributed by atoms with E-state index in [1.165, 1.54) is 37.7 Å². The smallest absolute Gasteiger partial charge is 0.0591 e. The molecule has 0 aliphatic heterocycles. The number of fused-ring (bicyclic) bond motifs is 5. The highest BCUT2D eigenvalue weighted by Gasteiger charge is 2.60. The Morgan fingerprint density at radius 3 is 2.60 bits per heavy atom. The zero-order valence-electron chi connectivity index (χ0n) is 19.9. The summed E-state index contributed by atoms with van der Waals surface area (Å²) in [6.45, 7) is 9.18. The second-order valence-corrected chi connectivity index (χ2v) is 12.5. The zero-order chi connectivity index (χ0) is 21.7. The van der Waals surface area contributed by atoms with Crippen LogP contribution in [0.2, 0.25) is 0 Å². The van der Waals surface area contributed by atoms with Crippen molar-refractivity contribution in [1.82, 2.24) is 0 Å². The molecule has 0 bridgehead atoms. The molecule has 0 saturated heterocycles. The Hall–Kier alpha value is -0.380. The topological polar surface area (TPSA) is 60.7 Å². The van der Waals surface area contributed by atoms with Crippen LogP contribution in [0, 0.1) is 40.4 Å². The van der Waals surface area contributed by atoms with Crippen molar-refractivity contribution in [3.8, 4) is 0 Å². The lowest BCUT2D eigenvalue weighted by atomic mass is 9.46. The zero-order valence-corrected chi connectivity index (χ0v) is 19.9. The molecule has 0 aromatic heterocycles. The third kappa shape index (κ3) is 3.82. The van der Waals surface area contributed by atoms with Gasteiger partial charge in [0.25, 0.3) is 0 Å². The molecule has 172 valence electrons. The first-order valence-electron chi connectivity index (χ1n) is 12.8. The van der Waals surface area contributed by atoms with Crippen LogP contribution >= 0.6 is 0 Å². The fourth-order valence-electron chi connectivity index (χ4n) is 8.77. The van der Waals surface area contributed by atoms with Gasteiger partial charge in [-0.25, -0.2) is 0 Å². The van der Waals surface area contributed by atoms with Gasteiger partial charge < -0.3 is 15.3 Å². The Bertz CT molecular complexity index is 649. The quantitative estimate of drug-likeness (QED) is 0.501. The summed E-state index contributed by atoms with van der Waals surface area (Å²) in [5.41, 5.74) is 1.23. The molecule has 30 heavy (non-hydrogen) atoms. The molecule has 0 radical (unpaired) electrons. The van der Waals surface area contributed by atoms with E-state index in [1.54, 1.807) is 0 Å². The third-order valence-electron chi connectivity index (χ3n) is 10.3. The molecule has 0 amide bonds. The first kappa shape index (κ1) is 22.8. The SMILES string of the molecule is C[C@H](CCCC(C)(C)O)[C@H]1CC[C@H]2[C@@H]3CC=C4C[C@@H](O)CC[C@]4(CO)[C@H]3CC[C@]12C. The summed E-state index contributed by atoms with van der Waals surface area (Å²) >= 11 is 0. The molecule has 0 unspecified atom stereocenters. The van der Waals surface area contributed by atoms with E-state index in [1.807, 2.05) is 13.8 Å². The highest BCUT2D eigenvalue weighted by atomic mass is 16.3. The minimum absolute atomic E-state index is 0.0418. The van der Waals surface area contributed by atoms with Crippen molar-refractivity contribution in [3.05, 3.63) is 11.6 Å². The average molecular weight is 419 g/mol. The van der Waals surface area contributed by atoms with Gasteiger partial charge in [-0.15, -0.1) is 0 Å². The van der Waals surface area contributed by atoms with E-state index in [-0.39, 0.29) is 18.1 Å². The molecule has 0 aromatic carbocycles. The maximum atomic E-state index is 10.6. The van der Waals surface area contributed by atoms with E-state index in [0.717, 1.165) is 56.3 Å². The summed E-state index contributed by atoms with van der Waals surface area (Å²) in [5.74, 6) is 3.63. The highest BCUT2D eigenvalue weighted by molar-refractivity contribution is 5.26. The van der Waals surface area contributed by atoms with Gasteiger partial charge in [0.2, 0.25) is 0 Å². The van der Waals surface area contributed by atoms with Crippen LogP contribution < -0.4 is 0 Å². The number of aliphatic hydroxyl groups excluding tert-OH is 2. The van der Waals surface area contributed by atoms with Crippen molar-refractivity contribution in [2.45, 2.75) is 110 Å². The Labute approximate surface area is 184 Å². The lowest BCUT2D eigenvalue weighted by Gasteiger charge is -2.59. The van der Waals surface area contributed by atoms with Crippen molar-refractivity contribution in [2.24, 2.45) is 40.4 Å². The molecule has 3 N–H and O–H groups in total. The van der Waals surface area contributed by atoms with E-state index in [9.17, 15) is 15.3 Å². The second-order valence-electron chi connectivity index (χ2n) is 12.5. The van der Waals surface area contributed by atoms with Crippen LogP contribution in [0.3, 0.4) is 0 Å². The molecular formula is C27H46O3. The number of hydrogen-bond donors (Lipinski definition) is 3. The highest BCUT2D eigenvalue weighted by Crippen LogP contribution is 2.67. The van der Waals surface area contributed by atoms with Crippen LogP contribution in [-0.2, 0) is 0 Å². The predicted molar refractivity (Wildman–Crippen MR) is 122 cm³/mol. The number of hydrogen-bond acceptors (Lipinski definition) is 3. The summed E-state index contributed by atoms with van der Waals surface area (Å²) in [6.07, 6.45) is 14.5. The summed E-state index contributed by atoms with van der Waals surface area (Å²) in [4.78, 5) is 0. The molecule has 4 aliphatic rings. The summed E-state index contributed by atoms with van der Waals surface area (Å²) in [6, 6.07) is 0. The van der Waals surface area contributed by atoms with Crippen LogP contribution in [-0.4, -0.2) is 33.6 Å². The summed E-state index contributed by atoms with van der Waals surface area (Å²) < 4.78 is 0. The van der Waals surface area contributed by atoms with Crippen LogP contribution in [0.4, 0.5) is 0 Å². The fraction of sp³-hybridized carbons (Fsp3) is 0.926. The van der Waals surface area contributed by atoms with Gasteiger partial charge >= 0.3 is 0 Å². The monoisotopic (exact) mass is 418 g/mol. The van der Waals surface area contributed by atoms with E-state index in [0.29, 0.717) is 17.3 Å². The normalized spacial score (nSPS) is 44.6. The Balaban J connectivity index is 1.50. The van der Waals surface area contributed by atoms with Crippen molar-refractivity contribution in [2.75, 3.05) is 6.61 Å². The van der Waals surface area contributed by atoms with Gasteiger partial charge in [-0.2, -0.15) is 0 Å². The molecular weight excluding hydrogens is 372 g/mol. The molecule has 3 fully saturated rings. The standard InChI is InChI=1S/C27H46O3/c1-18(6-5-13-25(2,3)30)22-9-10-23-21-8-7-19-16-20(29)11-15-27(19,17-28)24(21)12-14-26(22,23)4/h7,18,20-24,28-30H,5-6,8-17H2,1-4H3/t18-,20+,21+,22-,23+,24+,26-,27-/m1/s1. The lowest BCUT2D eigenvalue weighted by molar-refractivity contribution is -0.0797. The first-order valence-corrected chi connectivity index (χ1v) is 12.8. The molecule has 3 nitrogen and oxygen atoms in total. The minimum atomic E-state index is -0.543. The maximum Gasteiger partial charge on any atom is 0.0591 e. The van der Waals surface area contributed by atoms with Gasteiger partial charge in [-0.1, -0.05) is 38.3 Å². The predicted octanol–water partition coefficient (Wildman–Crippen LogP) is 5.48. The molecule has 3 saturated carbocycles. The third-order valence-corrected chi connectivity index (χ3v) is 10.3. The van der Waals surface area contributed by atoms with E-state index in [2.05, 4.69) is 19.9 Å². The van der Waals surface area contributed by atoms with Crippen LogP contribution in [0.1, 0.15) is 98.3 Å². The molecule has 8 atom stereocenters. The molecule has 3 heteroatoms. The van der Waals surface area contributed by atoms with Gasteiger partial charge in [0.05, 0.1) is 18.3 Å². The van der Waals surface area contributed by atoms with Crippen molar-refractivity contribution < 1.29 is 15.3 Å². The largest absolute Gasteiger partial charge is 0.395 e. The Morgan fingerprint density at radius 2 is 1.90 bits per heavy atom. The summed E-state index contributed by atoms with van der Waals surface area (Å²) in [7, 11) is 0. The number of rotatable bonds is 6. The van der Waals surface area contributed by atoms with Crippen LogP contribution in [0.25, 0.3) is 0 Å². The van der Waals surface area contributed by atoms with E-state index < -0.39 is 5.60 Å². The van der Waals surface area contributed by atoms with Crippen LogP contribution in [0.5, 0.6) is 0 Å². The maximum absolute atomic E-state index is 10.6. The van der Waals surface area contributed by atoms with Gasteiger partial charge in [-0.05, 0) is 107 Å². The van der Waals surface area contributed by atoms with Crippen molar-refractivity contribution >= 4 is 0 Å². The van der Waals surface area contributed by atoms with Gasteiger partial charge in [0.15, 0.2) is 0 Å². The van der Waals surface area contributed by atoms with E-state index in [4.69, 9.17) is 0 Å². The van der Waals surface area contributed by atoms with E-state index >= 15 is 0 Å². The lowest BCUT2D eigenvalue weighted by Crippen LogP contribution is -2.53. The first-order chi connectivity index (χ1) is 14.1. The Kier molecular flexibility index (Phi) is 6.23. The summed E-state index contributed by atoms with van der Waals surface area (Å²) in [5, 5.41) is 30.9. The fourth-order valence-corrected chi connectivity index (χ4v) is 8.77.